The number of aromatic nitrogens is 2. The fourth-order valence-corrected chi connectivity index (χ4v) is 3.47. The van der Waals surface area contributed by atoms with Gasteiger partial charge in [0.25, 0.3) is 17.4 Å². The summed E-state index contributed by atoms with van der Waals surface area (Å²) in [6.45, 7) is 0. The molecule has 0 bridgehead atoms. The molecule has 9 nitrogen and oxygen atoms in total. The average molecular weight is 461 g/mol. The molecule has 0 aliphatic rings. The van der Waals surface area contributed by atoms with E-state index in [1.807, 2.05) is 0 Å². The van der Waals surface area contributed by atoms with Crippen molar-refractivity contribution in [1.82, 2.24) is 9.78 Å². The number of anilines is 2. The second-order valence-electron chi connectivity index (χ2n) is 6.58. The van der Waals surface area contributed by atoms with E-state index in [0.29, 0.717) is 5.69 Å². The summed E-state index contributed by atoms with van der Waals surface area (Å²) in [6.07, 6.45) is 1.05. The number of rotatable bonds is 5. The summed E-state index contributed by atoms with van der Waals surface area (Å²) in [4.78, 5) is 36.2. The average Bonchev–Trinajstić information content (AvgIpc) is 2.71. The highest BCUT2D eigenvalue weighted by Gasteiger charge is 2.14. The topological polar surface area (TPSA) is 127 Å². The van der Waals surface area contributed by atoms with Crippen LogP contribution in [0, 0.1) is 0 Å². The number of hydrogen-bond donors (Lipinski definition) is 2. The standard InChI is InChI=1S/C20H17ClN4O5S/c1-25-18(26)9-8-17(24-25)20(28)22-13-6-7-16(15(21)11-13)23-19(27)12-4-3-5-14(10-12)31(2,29)30/h3-11H,1-2H3,(H,22,28)(H,23,27). The molecular weight excluding hydrogens is 444 g/mol. The van der Waals surface area contributed by atoms with Crippen LogP contribution in [0.5, 0.6) is 0 Å². The first-order chi connectivity index (χ1) is 14.5. The Balaban J connectivity index is 1.75. The van der Waals surface area contributed by atoms with E-state index in [-0.39, 0.29) is 32.4 Å². The summed E-state index contributed by atoms with van der Waals surface area (Å²) >= 11 is 6.22. The third-order valence-electron chi connectivity index (χ3n) is 4.19. The first-order valence-electron chi connectivity index (χ1n) is 8.81. The highest BCUT2D eigenvalue weighted by atomic mass is 35.5. The molecule has 0 aliphatic carbocycles. The Morgan fingerprint density at radius 1 is 1.00 bits per heavy atom. The van der Waals surface area contributed by atoms with E-state index in [1.165, 1.54) is 61.6 Å². The minimum Gasteiger partial charge on any atom is -0.321 e. The van der Waals surface area contributed by atoms with Crippen molar-refractivity contribution in [2.24, 2.45) is 7.05 Å². The minimum atomic E-state index is -3.46. The number of sulfone groups is 1. The van der Waals surface area contributed by atoms with Gasteiger partial charge >= 0.3 is 0 Å². The molecule has 0 aliphatic heterocycles. The highest BCUT2D eigenvalue weighted by molar-refractivity contribution is 7.90. The third kappa shape index (κ3) is 5.36. The molecule has 0 fully saturated rings. The lowest BCUT2D eigenvalue weighted by atomic mass is 10.2. The summed E-state index contributed by atoms with van der Waals surface area (Å²) in [5.74, 6) is -1.08. The van der Waals surface area contributed by atoms with Crippen LogP contribution in [0.25, 0.3) is 0 Å². The number of aryl methyl sites for hydroxylation is 1. The molecule has 2 amide bonds. The second kappa shape index (κ2) is 8.70. The highest BCUT2D eigenvalue weighted by Crippen LogP contribution is 2.26. The van der Waals surface area contributed by atoms with Crippen LogP contribution in [-0.4, -0.2) is 36.3 Å². The van der Waals surface area contributed by atoms with Crippen molar-refractivity contribution in [3.63, 3.8) is 0 Å². The quantitative estimate of drug-likeness (QED) is 0.601. The van der Waals surface area contributed by atoms with Crippen LogP contribution in [-0.2, 0) is 16.9 Å². The zero-order chi connectivity index (χ0) is 22.8. The Hall–Kier alpha value is -3.50. The molecule has 160 valence electrons. The van der Waals surface area contributed by atoms with Crippen LogP contribution in [0.15, 0.2) is 64.3 Å². The summed E-state index contributed by atoms with van der Waals surface area (Å²) < 4.78 is 24.4. The summed E-state index contributed by atoms with van der Waals surface area (Å²) in [5.41, 5.74) is 0.470. The van der Waals surface area contributed by atoms with Crippen LogP contribution in [0.4, 0.5) is 11.4 Å². The molecule has 0 unspecified atom stereocenters. The van der Waals surface area contributed by atoms with E-state index in [0.717, 1.165) is 10.9 Å². The van der Waals surface area contributed by atoms with Gasteiger partial charge in [0.05, 0.1) is 15.6 Å². The van der Waals surface area contributed by atoms with Crippen molar-refractivity contribution in [3.8, 4) is 0 Å². The van der Waals surface area contributed by atoms with E-state index in [9.17, 15) is 22.8 Å². The molecule has 31 heavy (non-hydrogen) atoms. The van der Waals surface area contributed by atoms with Gasteiger partial charge in [-0.05, 0) is 42.5 Å². The molecule has 0 radical (unpaired) electrons. The fraction of sp³-hybridized carbons (Fsp3) is 0.100. The van der Waals surface area contributed by atoms with Crippen molar-refractivity contribution in [2.75, 3.05) is 16.9 Å². The van der Waals surface area contributed by atoms with E-state index in [1.54, 1.807) is 0 Å². The van der Waals surface area contributed by atoms with Gasteiger partial charge in [0, 0.05) is 30.6 Å². The molecule has 2 N–H and O–H groups in total. The molecule has 11 heteroatoms. The number of halogens is 1. The van der Waals surface area contributed by atoms with Gasteiger partial charge in [0.1, 0.15) is 5.69 Å². The van der Waals surface area contributed by atoms with Crippen molar-refractivity contribution < 1.29 is 18.0 Å². The van der Waals surface area contributed by atoms with E-state index in [4.69, 9.17) is 11.6 Å². The molecule has 1 aromatic heterocycles. The predicted octanol–water partition coefficient (Wildman–Crippen LogP) is 2.34. The Bertz CT molecular complexity index is 1350. The lowest BCUT2D eigenvalue weighted by Gasteiger charge is -2.11. The maximum absolute atomic E-state index is 12.5. The van der Waals surface area contributed by atoms with Crippen LogP contribution in [0.1, 0.15) is 20.8 Å². The summed E-state index contributed by atoms with van der Waals surface area (Å²) in [7, 11) is -2.03. The van der Waals surface area contributed by atoms with Gasteiger partial charge in [-0.3, -0.25) is 14.4 Å². The monoisotopic (exact) mass is 460 g/mol. The minimum absolute atomic E-state index is 0.0244. The van der Waals surface area contributed by atoms with E-state index in [2.05, 4.69) is 15.7 Å². The van der Waals surface area contributed by atoms with Gasteiger partial charge in [-0.2, -0.15) is 5.10 Å². The van der Waals surface area contributed by atoms with Gasteiger partial charge in [-0.15, -0.1) is 0 Å². The molecule has 1 heterocycles. The normalized spacial score (nSPS) is 11.1. The number of nitrogens with one attached hydrogen (secondary N) is 2. The maximum Gasteiger partial charge on any atom is 0.276 e. The molecule has 3 aromatic rings. The first-order valence-corrected chi connectivity index (χ1v) is 11.1. The van der Waals surface area contributed by atoms with E-state index < -0.39 is 21.7 Å². The Kier molecular flexibility index (Phi) is 6.23. The van der Waals surface area contributed by atoms with Crippen LogP contribution in [0.3, 0.4) is 0 Å². The molecule has 2 aromatic carbocycles. The second-order valence-corrected chi connectivity index (χ2v) is 9.01. The fourth-order valence-electron chi connectivity index (χ4n) is 2.58. The first kappa shape index (κ1) is 22.2. The van der Waals surface area contributed by atoms with Gasteiger partial charge in [-0.1, -0.05) is 17.7 Å². The predicted molar refractivity (Wildman–Crippen MR) is 116 cm³/mol. The number of benzene rings is 2. The zero-order valence-corrected chi connectivity index (χ0v) is 18.0. The molecule has 0 atom stereocenters. The summed E-state index contributed by atoms with van der Waals surface area (Å²) in [5, 5.41) is 9.22. The van der Waals surface area contributed by atoms with Gasteiger partial charge in [-0.25, -0.2) is 13.1 Å². The SMILES string of the molecule is Cn1nc(C(=O)Nc2ccc(NC(=O)c3cccc(S(C)(=O)=O)c3)c(Cl)c2)ccc1=O. The van der Waals surface area contributed by atoms with Gasteiger partial charge in [0.15, 0.2) is 9.84 Å². The van der Waals surface area contributed by atoms with Crippen LogP contribution < -0.4 is 16.2 Å². The van der Waals surface area contributed by atoms with Crippen molar-refractivity contribution in [2.45, 2.75) is 4.90 Å². The van der Waals surface area contributed by atoms with Crippen molar-refractivity contribution in [3.05, 3.63) is 81.2 Å². The lowest BCUT2D eigenvalue weighted by Crippen LogP contribution is -2.23. The third-order valence-corrected chi connectivity index (χ3v) is 5.62. The maximum atomic E-state index is 12.5. The van der Waals surface area contributed by atoms with Crippen LogP contribution in [0.2, 0.25) is 5.02 Å². The largest absolute Gasteiger partial charge is 0.321 e. The number of carbonyl (C=O) groups is 2. The lowest BCUT2D eigenvalue weighted by molar-refractivity contribution is 0.101. The smallest absolute Gasteiger partial charge is 0.276 e. The molecule has 0 spiro atoms. The Morgan fingerprint density at radius 2 is 1.74 bits per heavy atom. The van der Waals surface area contributed by atoms with Gasteiger partial charge < -0.3 is 10.6 Å². The molecule has 3 rings (SSSR count). The summed E-state index contributed by atoms with van der Waals surface area (Å²) in [6, 6.07) is 12.6. The zero-order valence-electron chi connectivity index (χ0n) is 16.4. The Labute approximate surface area is 182 Å². The number of carbonyl (C=O) groups excluding carboxylic acids is 2. The van der Waals surface area contributed by atoms with Gasteiger partial charge in [0.2, 0.25) is 0 Å². The van der Waals surface area contributed by atoms with Crippen molar-refractivity contribution >= 4 is 44.6 Å². The molecular formula is C20H17ClN4O5S. The van der Waals surface area contributed by atoms with Crippen LogP contribution >= 0.6 is 11.6 Å². The molecule has 0 saturated carbocycles. The van der Waals surface area contributed by atoms with Crippen molar-refractivity contribution in [1.29, 1.82) is 0 Å². The Morgan fingerprint density at radius 3 is 2.39 bits per heavy atom. The number of amides is 2. The number of hydrogen-bond acceptors (Lipinski definition) is 6. The van der Waals surface area contributed by atoms with E-state index >= 15 is 0 Å². The molecule has 0 saturated heterocycles. The number of nitrogens with zero attached hydrogens (tertiary/aromatic N) is 2.